The highest BCUT2D eigenvalue weighted by Gasteiger charge is 2.21. The summed E-state index contributed by atoms with van der Waals surface area (Å²) in [6.07, 6.45) is 3.92. The molecular weight excluding hydrogens is 371 g/mol. The number of halogens is 1. The molecule has 9 heteroatoms. The molecule has 0 aromatic carbocycles. The number of ether oxygens (including phenoxy) is 1. The number of nitrogens with zero attached hydrogens (tertiary/aromatic N) is 4. The molecule has 0 atom stereocenters. The van der Waals surface area contributed by atoms with Crippen molar-refractivity contribution < 1.29 is 9.53 Å². The van der Waals surface area contributed by atoms with Gasteiger partial charge in [-0.05, 0) is 36.2 Å². The molecule has 2 aromatic rings. The molecule has 2 aliphatic rings. The van der Waals surface area contributed by atoms with E-state index in [0.717, 1.165) is 54.8 Å². The molecule has 0 amide bonds. The molecule has 2 aliphatic heterocycles. The predicted molar refractivity (Wildman–Crippen MR) is 109 cm³/mol. The highest BCUT2D eigenvalue weighted by Crippen LogP contribution is 2.37. The summed E-state index contributed by atoms with van der Waals surface area (Å²) in [4.78, 5) is 24.9. The van der Waals surface area contributed by atoms with Gasteiger partial charge in [-0.15, -0.1) is 11.3 Å². The number of fused-ring (bicyclic) bond motifs is 1. The molecule has 4 heterocycles. The first-order chi connectivity index (χ1) is 12.2. The van der Waals surface area contributed by atoms with Crippen LogP contribution in [0.25, 0.3) is 15.8 Å². The van der Waals surface area contributed by atoms with Crippen LogP contribution in [0.5, 0.6) is 0 Å². The lowest BCUT2D eigenvalue weighted by atomic mass is 9.91. The van der Waals surface area contributed by atoms with Gasteiger partial charge in [-0.25, -0.2) is 4.98 Å². The number of hydrogen-bond acceptors (Lipinski definition) is 7. The van der Waals surface area contributed by atoms with Crippen molar-refractivity contribution in [1.29, 1.82) is 0 Å². The van der Waals surface area contributed by atoms with Gasteiger partial charge in [-0.2, -0.15) is 4.98 Å². The molecule has 0 aliphatic carbocycles. The van der Waals surface area contributed by atoms with E-state index in [2.05, 4.69) is 27.0 Å². The third-order valence-corrected chi connectivity index (χ3v) is 5.83. The van der Waals surface area contributed by atoms with E-state index in [-0.39, 0.29) is 12.7 Å². The molecule has 0 unspecified atom stereocenters. The number of hydrogen-bond donors (Lipinski definition) is 0. The van der Waals surface area contributed by atoms with Gasteiger partial charge in [0.2, 0.25) is 5.28 Å². The zero-order valence-electron chi connectivity index (χ0n) is 13.7. The monoisotopic (exact) mass is 391 g/mol. The fourth-order valence-corrected chi connectivity index (χ4v) is 4.52. The predicted octanol–water partition coefficient (Wildman–Crippen LogP) is 2.72. The second kappa shape index (κ2) is 8.48. The van der Waals surface area contributed by atoms with Crippen molar-refractivity contribution in [3.05, 3.63) is 22.3 Å². The SMILES string of the molecule is C.O=C[B]N1CC=C(c2cc3nc(Cl)nc(N4CCOCC4)c3s2)CC1. The van der Waals surface area contributed by atoms with Crippen molar-refractivity contribution in [2.24, 2.45) is 0 Å². The Morgan fingerprint density at radius 1 is 1.27 bits per heavy atom. The van der Waals surface area contributed by atoms with Crippen molar-refractivity contribution in [3.8, 4) is 0 Å². The minimum atomic E-state index is 0. The maximum Gasteiger partial charge on any atom is 0.293 e. The first-order valence-electron chi connectivity index (χ1n) is 8.26. The number of aromatic nitrogens is 2. The van der Waals surface area contributed by atoms with Gasteiger partial charge in [-0.3, -0.25) is 0 Å². The Morgan fingerprint density at radius 2 is 2.08 bits per heavy atom. The van der Waals surface area contributed by atoms with E-state index < -0.39 is 0 Å². The average molecular weight is 392 g/mol. The highest BCUT2D eigenvalue weighted by atomic mass is 35.5. The molecule has 6 nitrogen and oxygen atoms in total. The van der Waals surface area contributed by atoms with Gasteiger partial charge in [-0.1, -0.05) is 13.5 Å². The van der Waals surface area contributed by atoms with Crippen molar-refractivity contribution in [2.45, 2.75) is 13.8 Å². The van der Waals surface area contributed by atoms with Crippen LogP contribution in [0.4, 0.5) is 5.82 Å². The Bertz CT molecular complexity index is 822. The van der Waals surface area contributed by atoms with Crippen LogP contribution in [-0.4, -0.2) is 67.8 Å². The molecule has 1 radical (unpaired) electrons. The Kier molecular flexibility index (Phi) is 6.29. The van der Waals surface area contributed by atoms with E-state index in [9.17, 15) is 4.79 Å². The molecule has 4 rings (SSSR count). The minimum absolute atomic E-state index is 0. The van der Waals surface area contributed by atoms with Crippen molar-refractivity contribution in [2.75, 3.05) is 44.3 Å². The van der Waals surface area contributed by atoms with Crippen LogP contribution in [-0.2, 0) is 9.53 Å². The largest absolute Gasteiger partial charge is 0.378 e. The maximum absolute atomic E-state index is 10.6. The number of anilines is 1. The third-order valence-electron chi connectivity index (χ3n) is 4.47. The van der Waals surface area contributed by atoms with Crippen LogP contribution in [0.1, 0.15) is 18.7 Å². The van der Waals surface area contributed by atoms with Gasteiger partial charge >= 0.3 is 0 Å². The normalized spacial score (nSPS) is 18.3. The summed E-state index contributed by atoms with van der Waals surface area (Å²) in [5.41, 5.74) is 2.19. The zero-order chi connectivity index (χ0) is 17.2. The smallest absolute Gasteiger partial charge is 0.293 e. The van der Waals surface area contributed by atoms with Crippen LogP contribution in [0, 0.1) is 0 Å². The molecule has 2 aromatic heterocycles. The molecule has 137 valence electrons. The Hall–Kier alpha value is -1.48. The molecule has 0 N–H and O–H groups in total. The first kappa shape index (κ1) is 19.3. The zero-order valence-corrected chi connectivity index (χ0v) is 15.2. The standard InChI is InChI=1S/C16H17BClN4O2S.CH4/c18-16-19-12-9-13(11-1-3-22(4-2-11)17-10-23)25-14(12)15(20-16)21-5-7-24-8-6-21;/h1,9-10H,2-8H2;1H4. The second-order valence-corrected chi connectivity index (χ2v) is 7.39. The van der Waals surface area contributed by atoms with E-state index in [0.29, 0.717) is 13.2 Å². The van der Waals surface area contributed by atoms with E-state index in [1.165, 1.54) is 10.5 Å². The van der Waals surface area contributed by atoms with E-state index in [4.69, 9.17) is 16.3 Å². The number of thiophene rings is 1. The fraction of sp³-hybridized carbons (Fsp3) is 0.471. The lowest BCUT2D eigenvalue weighted by Crippen LogP contribution is -2.36. The topological polar surface area (TPSA) is 58.6 Å². The fourth-order valence-electron chi connectivity index (χ4n) is 3.17. The van der Waals surface area contributed by atoms with Gasteiger partial charge < -0.3 is 19.2 Å². The van der Waals surface area contributed by atoms with Gasteiger partial charge in [0.1, 0.15) is 0 Å². The Morgan fingerprint density at radius 3 is 2.77 bits per heavy atom. The van der Waals surface area contributed by atoms with Crippen LogP contribution < -0.4 is 4.90 Å². The molecule has 1 saturated heterocycles. The Balaban J connectivity index is 0.00000196. The molecule has 26 heavy (non-hydrogen) atoms. The van der Waals surface area contributed by atoms with Crippen LogP contribution in [0.3, 0.4) is 0 Å². The van der Waals surface area contributed by atoms with Crippen molar-refractivity contribution in [3.63, 3.8) is 0 Å². The maximum atomic E-state index is 10.6. The van der Waals surface area contributed by atoms with Crippen molar-refractivity contribution in [1.82, 2.24) is 14.8 Å². The van der Waals surface area contributed by atoms with Crippen LogP contribution in [0.15, 0.2) is 12.1 Å². The quantitative estimate of drug-likeness (QED) is 0.454. The lowest BCUT2D eigenvalue weighted by Gasteiger charge is -2.28. The molecule has 0 saturated carbocycles. The summed E-state index contributed by atoms with van der Waals surface area (Å²) < 4.78 is 6.51. The summed E-state index contributed by atoms with van der Waals surface area (Å²) in [6, 6.07) is 2.10. The van der Waals surface area contributed by atoms with E-state index in [1.54, 1.807) is 18.8 Å². The summed E-state index contributed by atoms with van der Waals surface area (Å²) in [6.45, 7) is 4.64. The van der Waals surface area contributed by atoms with Crippen LogP contribution in [0.2, 0.25) is 5.28 Å². The number of carbonyl (C=O) groups is 1. The van der Waals surface area contributed by atoms with Gasteiger partial charge in [0, 0.05) is 24.5 Å². The minimum Gasteiger partial charge on any atom is -0.378 e. The molecule has 0 bridgehead atoms. The van der Waals surface area contributed by atoms with Gasteiger partial charge in [0.25, 0.3) is 7.41 Å². The summed E-state index contributed by atoms with van der Waals surface area (Å²) in [5, 5.41) is 0.280. The molecule has 0 spiro atoms. The van der Waals surface area contributed by atoms with Crippen LogP contribution >= 0.6 is 22.9 Å². The van der Waals surface area contributed by atoms with E-state index in [1.807, 2.05) is 4.81 Å². The third kappa shape index (κ3) is 3.93. The number of morpholine rings is 1. The highest BCUT2D eigenvalue weighted by molar-refractivity contribution is 7.20. The first-order valence-corrected chi connectivity index (χ1v) is 9.46. The van der Waals surface area contributed by atoms with Gasteiger partial charge in [0.15, 0.2) is 5.82 Å². The molecule has 1 fully saturated rings. The Labute approximate surface area is 163 Å². The van der Waals surface area contributed by atoms with E-state index >= 15 is 0 Å². The summed E-state index contributed by atoms with van der Waals surface area (Å²) >= 11 is 7.87. The summed E-state index contributed by atoms with van der Waals surface area (Å²) in [5.74, 6) is 0.905. The summed E-state index contributed by atoms with van der Waals surface area (Å²) in [7, 11) is 1.60. The second-order valence-electron chi connectivity index (χ2n) is 6.00. The van der Waals surface area contributed by atoms with Gasteiger partial charge in [0.05, 0.1) is 29.6 Å². The average Bonchev–Trinajstić information content (AvgIpc) is 3.06. The lowest BCUT2D eigenvalue weighted by molar-refractivity contribution is 0.122. The molecular formula is C17H21BClN4O2S. The number of rotatable bonds is 4. The van der Waals surface area contributed by atoms with Crippen molar-refractivity contribution >= 4 is 58.1 Å². The number of carbonyl (C=O) groups excluding carboxylic acids is 1.